The SMILES string of the molecule is Cc1ocnc1Cn1[nH]c2c(-c3ccc(=O)[nH]c3)c(-c3ccccc3)nc(N)[n+]2c1=O. The quantitative estimate of drug-likeness (QED) is 0.377. The van der Waals surface area contributed by atoms with E-state index in [1.54, 1.807) is 19.2 Å². The van der Waals surface area contributed by atoms with Crippen molar-refractivity contribution in [2.75, 3.05) is 5.73 Å². The lowest BCUT2D eigenvalue weighted by molar-refractivity contribution is -0.516. The Morgan fingerprint density at radius 1 is 1.13 bits per heavy atom. The van der Waals surface area contributed by atoms with E-state index in [0.29, 0.717) is 33.9 Å². The van der Waals surface area contributed by atoms with Crippen LogP contribution in [0.15, 0.2) is 69.1 Å². The molecule has 4 aromatic heterocycles. The molecule has 0 saturated heterocycles. The van der Waals surface area contributed by atoms with Crippen LogP contribution in [0.4, 0.5) is 5.95 Å². The molecule has 0 saturated carbocycles. The van der Waals surface area contributed by atoms with E-state index >= 15 is 0 Å². The topological polar surface area (TPSA) is 140 Å². The number of nitrogens with one attached hydrogen (secondary N) is 2. The van der Waals surface area contributed by atoms with Gasteiger partial charge in [-0.1, -0.05) is 30.3 Å². The number of rotatable bonds is 4. The zero-order chi connectivity index (χ0) is 21.5. The Hall–Kier alpha value is -4.47. The van der Waals surface area contributed by atoms with E-state index in [-0.39, 0.29) is 18.1 Å². The summed E-state index contributed by atoms with van der Waals surface area (Å²) in [6, 6.07) is 12.6. The van der Waals surface area contributed by atoms with Crippen molar-refractivity contribution in [2.24, 2.45) is 0 Å². The molecule has 0 aliphatic rings. The second-order valence-electron chi connectivity index (χ2n) is 7.02. The van der Waals surface area contributed by atoms with Crippen LogP contribution in [0.1, 0.15) is 11.5 Å². The number of nitrogens with two attached hydrogens (primary N) is 1. The highest BCUT2D eigenvalue weighted by Crippen LogP contribution is 2.31. The third-order valence-corrected chi connectivity index (χ3v) is 5.09. The van der Waals surface area contributed by atoms with Gasteiger partial charge in [-0.15, -0.1) is 9.38 Å². The van der Waals surface area contributed by atoms with E-state index in [2.05, 4.69) is 20.1 Å². The van der Waals surface area contributed by atoms with E-state index in [1.807, 2.05) is 30.3 Å². The number of hydrogen-bond acceptors (Lipinski definition) is 6. The van der Waals surface area contributed by atoms with Crippen molar-refractivity contribution < 1.29 is 8.82 Å². The summed E-state index contributed by atoms with van der Waals surface area (Å²) in [6.07, 6.45) is 2.92. The van der Waals surface area contributed by atoms with Gasteiger partial charge in [-0.2, -0.15) is 4.68 Å². The van der Waals surface area contributed by atoms with Gasteiger partial charge in [-0.25, -0.2) is 14.9 Å². The molecule has 0 fully saturated rings. The van der Waals surface area contributed by atoms with Gasteiger partial charge in [0.2, 0.25) is 11.2 Å². The monoisotopic (exact) mass is 416 g/mol. The van der Waals surface area contributed by atoms with Crippen LogP contribution < -0.4 is 21.4 Å². The van der Waals surface area contributed by atoms with Gasteiger partial charge in [0.15, 0.2) is 6.39 Å². The number of oxazole rings is 1. The molecule has 0 amide bonds. The van der Waals surface area contributed by atoms with Crippen LogP contribution in [0.5, 0.6) is 0 Å². The summed E-state index contributed by atoms with van der Waals surface area (Å²) in [6.45, 7) is 1.95. The third-order valence-electron chi connectivity index (χ3n) is 5.09. The molecule has 31 heavy (non-hydrogen) atoms. The molecule has 5 aromatic rings. The molecule has 0 spiro atoms. The van der Waals surface area contributed by atoms with Crippen LogP contribution in [0.3, 0.4) is 0 Å². The van der Waals surface area contributed by atoms with Gasteiger partial charge in [-0.05, 0) is 13.0 Å². The van der Waals surface area contributed by atoms with Crippen LogP contribution in [-0.4, -0.2) is 24.7 Å². The van der Waals surface area contributed by atoms with Crippen LogP contribution in [-0.2, 0) is 6.54 Å². The molecule has 154 valence electrons. The van der Waals surface area contributed by atoms with Gasteiger partial charge >= 0.3 is 11.6 Å². The summed E-state index contributed by atoms with van der Waals surface area (Å²) in [5, 5.41) is 3.14. The first-order valence-corrected chi connectivity index (χ1v) is 9.50. The molecule has 4 heterocycles. The van der Waals surface area contributed by atoms with Gasteiger partial charge in [0, 0.05) is 23.4 Å². The van der Waals surface area contributed by atoms with Gasteiger partial charge in [0.1, 0.15) is 23.7 Å². The first kappa shape index (κ1) is 18.6. The fraction of sp³-hybridized carbons (Fsp3) is 0.0952. The molecule has 0 aliphatic carbocycles. The molecular weight excluding hydrogens is 398 g/mol. The number of hydrogen-bond donors (Lipinski definition) is 3. The Kier molecular flexibility index (Phi) is 4.25. The van der Waals surface area contributed by atoms with Gasteiger partial charge in [0.25, 0.3) is 0 Å². The Labute approximate surface area is 174 Å². The largest absolute Gasteiger partial charge is 0.448 e. The lowest BCUT2D eigenvalue weighted by Crippen LogP contribution is -2.44. The Morgan fingerprint density at radius 2 is 1.94 bits per heavy atom. The molecule has 0 bridgehead atoms. The summed E-state index contributed by atoms with van der Waals surface area (Å²) in [5.41, 5.74) is 9.35. The smallest absolute Gasteiger partial charge is 0.428 e. The number of fused-ring (bicyclic) bond motifs is 1. The minimum atomic E-state index is -0.396. The minimum absolute atomic E-state index is 0.0407. The van der Waals surface area contributed by atoms with Crippen molar-refractivity contribution in [3.05, 3.63) is 87.3 Å². The lowest BCUT2D eigenvalue weighted by Gasteiger charge is -2.08. The van der Waals surface area contributed by atoms with E-state index in [1.165, 1.54) is 21.5 Å². The van der Waals surface area contributed by atoms with Crippen LogP contribution in [0.2, 0.25) is 0 Å². The second kappa shape index (κ2) is 7.10. The number of H-pyrrole nitrogens is 2. The second-order valence-corrected chi connectivity index (χ2v) is 7.02. The highest BCUT2D eigenvalue weighted by molar-refractivity contribution is 5.88. The molecular formula is C21H18N7O3+. The summed E-state index contributed by atoms with van der Waals surface area (Å²) in [7, 11) is 0. The van der Waals surface area contributed by atoms with Crippen molar-refractivity contribution >= 4 is 11.6 Å². The number of benzene rings is 1. The Morgan fingerprint density at radius 3 is 2.61 bits per heavy atom. The average Bonchev–Trinajstić information content (AvgIpc) is 3.33. The first-order valence-electron chi connectivity index (χ1n) is 9.50. The van der Waals surface area contributed by atoms with Crippen molar-refractivity contribution in [1.29, 1.82) is 0 Å². The summed E-state index contributed by atoms with van der Waals surface area (Å²) in [5.74, 6) is 0.659. The number of nitrogens with zero attached hydrogens (tertiary/aromatic N) is 4. The van der Waals surface area contributed by atoms with Crippen molar-refractivity contribution in [2.45, 2.75) is 13.5 Å². The van der Waals surface area contributed by atoms with Crippen LogP contribution >= 0.6 is 0 Å². The zero-order valence-electron chi connectivity index (χ0n) is 16.5. The number of aromatic amines is 2. The van der Waals surface area contributed by atoms with Gasteiger partial charge < -0.3 is 15.1 Å². The summed E-state index contributed by atoms with van der Waals surface area (Å²) < 4.78 is 7.94. The third kappa shape index (κ3) is 3.10. The Bertz CT molecular complexity index is 1510. The van der Waals surface area contributed by atoms with E-state index in [9.17, 15) is 9.59 Å². The molecule has 0 aliphatic heterocycles. The number of anilines is 1. The number of aromatic nitrogens is 6. The maximum atomic E-state index is 13.1. The van der Waals surface area contributed by atoms with E-state index in [0.717, 1.165) is 5.56 Å². The minimum Gasteiger partial charge on any atom is -0.448 e. The summed E-state index contributed by atoms with van der Waals surface area (Å²) in [4.78, 5) is 36.1. The molecule has 0 radical (unpaired) electrons. The zero-order valence-corrected chi connectivity index (χ0v) is 16.5. The molecule has 0 atom stereocenters. The maximum Gasteiger partial charge on any atom is 0.428 e. The van der Waals surface area contributed by atoms with E-state index < -0.39 is 5.69 Å². The first-order chi connectivity index (χ1) is 15.0. The number of nitrogen functional groups attached to an aromatic ring is 1. The molecule has 0 unspecified atom stereocenters. The number of pyridine rings is 1. The predicted molar refractivity (Wildman–Crippen MR) is 112 cm³/mol. The highest BCUT2D eigenvalue weighted by atomic mass is 16.3. The molecule has 1 aromatic carbocycles. The van der Waals surface area contributed by atoms with Gasteiger partial charge in [-0.3, -0.25) is 4.79 Å². The fourth-order valence-corrected chi connectivity index (χ4v) is 3.54. The molecule has 10 heteroatoms. The van der Waals surface area contributed by atoms with Crippen LogP contribution in [0.25, 0.3) is 28.0 Å². The molecule has 10 nitrogen and oxygen atoms in total. The predicted octanol–water partition coefficient (Wildman–Crippen LogP) is 1.26. The van der Waals surface area contributed by atoms with Crippen LogP contribution in [0, 0.1) is 6.92 Å². The average molecular weight is 416 g/mol. The van der Waals surface area contributed by atoms with Crippen molar-refractivity contribution in [3.8, 4) is 22.4 Å². The molecule has 4 N–H and O–H groups in total. The fourth-order valence-electron chi connectivity index (χ4n) is 3.54. The van der Waals surface area contributed by atoms with Crippen molar-refractivity contribution in [3.63, 3.8) is 0 Å². The van der Waals surface area contributed by atoms with E-state index in [4.69, 9.17) is 10.2 Å². The summed E-state index contributed by atoms with van der Waals surface area (Å²) >= 11 is 0. The van der Waals surface area contributed by atoms with Gasteiger partial charge in [0.05, 0.1) is 5.56 Å². The lowest BCUT2D eigenvalue weighted by atomic mass is 10.0. The standard InChI is InChI=1S/C21H17N7O3/c1-12-15(24-11-31-12)10-27-21(30)28-19(26-27)17(14-7-8-16(29)23-9-14)18(25-20(28)22)13-5-3-2-4-6-13/h2-9,11H,10H2,1H3,(H3,22,23,25,26,29)/p+1. The maximum absolute atomic E-state index is 13.1. The molecule has 5 rings (SSSR count). The number of aryl methyl sites for hydroxylation is 1. The normalized spacial score (nSPS) is 11.3. The highest BCUT2D eigenvalue weighted by Gasteiger charge is 2.26. The van der Waals surface area contributed by atoms with Crippen molar-refractivity contribution in [1.82, 2.24) is 24.7 Å². The Balaban J connectivity index is 1.83.